The number of nitrogen functional groups attached to an aromatic ring is 1. The molecule has 0 amide bonds. The first-order chi connectivity index (χ1) is 8.76. The molecular weight excluding hydrogens is 246 g/mol. The van der Waals surface area contributed by atoms with Crippen molar-refractivity contribution in [2.45, 2.75) is 32.2 Å². The second kappa shape index (κ2) is 8.29. The van der Waals surface area contributed by atoms with Crippen LogP contribution < -0.4 is 11.3 Å². The van der Waals surface area contributed by atoms with Crippen LogP contribution >= 0.6 is 11.8 Å². The predicted octanol–water partition coefficient (Wildman–Crippen LogP) is 1.76. The van der Waals surface area contributed by atoms with Crippen molar-refractivity contribution < 1.29 is 0 Å². The zero-order valence-electron chi connectivity index (χ0n) is 11.4. The highest BCUT2D eigenvalue weighted by atomic mass is 32.2. The fourth-order valence-electron chi connectivity index (χ4n) is 1.77. The molecule has 18 heavy (non-hydrogen) atoms. The van der Waals surface area contributed by atoms with Gasteiger partial charge in [-0.25, -0.2) is 15.8 Å². The minimum Gasteiger partial charge on any atom is -0.308 e. The molecule has 0 aromatic carbocycles. The van der Waals surface area contributed by atoms with Gasteiger partial charge in [0.1, 0.15) is 17.2 Å². The van der Waals surface area contributed by atoms with Crippen molar-refractivity contribution >= 4 is 17.6 Å². The predicted molar refractivity (Wildman–Crippen MR) is 77.7 cm³/mol. The number of hydrogen-bond acceptors (Lipinski definition) is 6. The molecule has 0 unspecified atom stereocenters. The molecule has 3 N–H and O–H groups in total. The van der Waals surface area contributed by atoms with Gasteiger partial charge in [-0.3, -0.25) is 0 Å². The van der Waals surface area contributed by atoms with Crippen molar-refractivity contribution in [3.05, 3.63) is 11.9 Å². The van der Waals surface area contributed by atoms with Crippen LogP contribution in [0.4, 0.5) is 5.82 Å². The van der Waals surface area contributed by atoms with Crippen LogP contribution in [-0.2, 0) is 6.42 Å². The van der Waals surface area contributed by atoms with Gasteiger partial charge in [-0.05, 0) is 19.5 Å². The first-order valence-corrected chi connectivity index (χ1v) is 7.40. The number of hydrazine groups is 1. The standard InChI is InChI=1S/C12H23N5S/c1-4-10-11(16-13)14-9-15-12(10)18-8-7-17(5-2)6-3/h9H,4-8,13H2,1-3H3,(H,14,15,16). The van der Waals surface area contributed by atoms with Gasteiger partial charge in [-0.1, -0.05) is 20.8 Å². The number of nitrogens with zero attached hydrogens (tertiary/aromatic N) is 3. The zero-order chi connectivity index (χ0) is 13.4. The molecule has 0 spiro atoms. The fraction of sp³-hybridized carbons (Fsp3) is 0.667. The van der Waals surface area contributed by atoms with E-state index in [1.54, 1.807) is 18.1 Å². The van der Waals surface area contributed by atoms with Crippen molar-refractivity contribution in [3.8, 4) is 0 Å². The topological polar surface area (TPSA) is 67.1 Å². The number of nitrogens with two attached hydrogens (primary N) is 1. The molecule has 0 aliphatic heterocycles. The summed E-state index contributed by atoms with van der Waals surface area (Å²) >= 11 is 1.77. The van der Waals surface area contributed by atoms with Crippen LogP contribution in [0.2, 0.25) is 0 Å². The maximum atomic E-state index is 5.46. The Hall–Kier alpha value is -0.850. The molecule has 0 bridgehead atoms. The molecule has 1 aromatic rings. The van der Waals surface area contributed by atoms with Crippen LogP contribution in [0, 0.1) is 0 Å². The number of nitrogens with one attached hydrogen (secondary N) is 1. The Kier molecular flexibility index (Phi) is 7.00. The summed E-state index contributed by atoms with van der Waals surface area (Å²) in [6.45, 7) is 9.73. The summed E-state index contributed by atoms with van der Waals surface area (Å²) in [7, 11) is 0. The van der Waals surface area contributed by atoms with Crippen molar-refractivity contribution in [1.82, 2.24) is 14.9 Å². The lowest BCUT2D eigenvalue weighted by molar-refractivity contribution is 0.324. The van der Waals surface area contributed by atoms with Crippen LogP contribution in [0.15, 0.2) is 11.4 Å². The van der Waals surface area contributed by atoms with Crippen LogP contribution in [0.5, 0.6) is 0 Å². The van der Waals surface area contributed by atoms with E-state index in [-0.39, 0.29) is 0 Å². The molecule has 5 nitrogen and oxygen atoms in total. The van der Waals surface area contributed by atoms with E-state index in [0.29, 0.717) is 0 Å². The highest BCUT2D eigenvalue weighted by Crippen LogP contribution is 2.24. The van der Waals surface area contributed by atoms with Gasteiger partial charge in [0.2, 0.25) is 0 Å². The van der Waals surface area contributed by atoms with E-state index in [4.69, 9.17) is 5.84 Å². The molecule has 0 saturated carbocycles. The maximum Gasteiger partial charge on any atom is 0.147 e. The second-order valence-corrected chi connectivity index (χ2v) is 4.96. The second-order valence-electron chi connectivity index (χ2n) is 3.88. The van der Waals surface area contributed by atoms with E-state index in [1.165, 1.54) is 0 Å². The third kappa shape index (κ3) is 4.12. The Bertz CT molecular complexity index is 354. The summed E-state index contributed by atoms with van der Waals surface area (Å²) in [5, 5.41) is 1.03. The maximum absolute atomic E-state index is 5.46. The first-order valence-electron chi connectivity index (χ1n) is 6.42. The molecule has 0 aliphatic carbocycles. The quantitative estimate of drug-likeness (QED) is 0.324. The summed E-state index contributed by atoms with van der Waals surface area (Å²) in [5.41, 5.74) is 3.73. The summed E-state index contributed by atoms with van der Waals surface area (Å²) in [5.74, 6) is 7.23. The van der Waals surface area contributed by atoms with Crippen molar-refractivity contribution in [2.75, 3.05) is 30.8 Å². The SMILES string of the molecule is CCc1c(NN)ncnc1SCCN(CC)CC. The first kappa shape index (κ1) is 15.2. The Balaban J connectivity index is 2.61. The van der Waals surface area contributed by atoms with E-state index in [9.17, 15) is 0 Å². The lowest BCUT2D eigenvalue weighted by Gasteiger charge is -2.17. The Morgan fingerprint density at radius 3 is 2.56 bits per heavy atom. The zero-order valence-corrected chi connectivity index (χ0v) is 12.3. The van der Waals surface area contributed by atoms with Crippen molar-refractivity contribution in [2.24, 2.45) is 5.84 Å². The number of aromatic nitrogens is 2. The van der Waals surface area contributed by atoms with Gasteiger partial charge >= 0.3 is 0 Å². The average Bonchev–Trinajstić information content (AvgIpc) is 2.43. The molecule has 0 atom stereocenters. The average molecular weight is 269 g/mol. The minimum atomic E-state index is 0.734. The van der Waals surface area contributed by atoms with E-state index in [1.807, 2.05) is 0 Å². The number of rotatable bonds is 8. The van der Waals surface area contributed by atoms with Crippen LogP contribution in [-0.4, -0.2) is 40.3 Å². The third-order valence-corrected chi connectivity index (χ3v) is 3.95. The molecule has 6 heteroatoms. The number of hydrogen-bond donors (Lipinski definition) is 2. The van der Waals surface area contributed by atoms with Crippen LogP contribution in [0.1, 0.15) is 26.3 Å². The van der Waals surface area contributed by atoms with E-state index in [2.05, 4.69) is 41.1 Å². The molecule has 1 heterocycles. The highest BCUT2D eigenvalue weighted by Gasteiger charge is 2.09. The Morgan fingerprint density at radius 1 is 1.28 bits per heavy atom. The van der Waals surface area contributed by atoms with Gasteiger partial charge in [-0.15, -0.1) is 11.8 Å². The molecule has 1 aromatic heterocycles. The van der Waals surface area contributed by atoms with Gasteiger partial charge in [-0.2, -0.15) is 0 Å². The monoisotopic (exact) mass is 269 g/mol. The molecular formula is C12H23N5S. The summed E-state index contributed by atoms with van der Waals surface area (Å²) in [4.78, 5) is 10.9. The van der Waals surface area contributed by atoms with E-state index in [0.717, 1.165) is 48.2 Å². The molecule has 0 saturated heterocycles. The molecule has 0 radical (unpaired) electrons. The van der Waals surface area contributed by atoms with Crippen molar-refractivity contribution in [1.29, 1.82) is 0 Å². The van der Waals surface area contributed by atoms with Gasteiger partial charge in [0.15, 0.2) is 0 Å². The summed E-state index contributed by atoms with van der Waals surface area (Å²) < 4.78 is 0. The Labute approximate surface area is 114 Å². The lowest BCUT2D eigenvalue weighted by atomic mass is 10.2. The largest absolute Gasteiger partial charge is 0.308 e. The lowest BCUT2D eigenvalue weighted by Crippen LogP contribution is -2.25. The normalized spacial score (nSPS) is 10.9. The van der Waals surface area contributed by atoms with Gasteiger partial charge in [0.25, 0.3) is 0 Å². The van der Waals surface area contributed by atoms with Gasteiger partial charge < -0.3 is 10.3 Å². The number of thioether (sulfide) groups is 1. The van der Waals surface area contributed by atoms with E-state index < -0.39 is 0 Å². The molecule has 102 valence electrons. The fourth-order valence-corrected chi connectivity index (χ4v) is 2.85. The van der Waals surface area contributed by atoms with Crippen LogP contribution in [0.3, 0.4) is 0 Å². The summed E-state index contributed by atoms with van der Waals surface area (Å²) in [6, 6.07) is 0. The van der Waals surface area contributed by atoms with Gasteiger partial charge in [0, 0.05) is 17.9 Å². The summed E-state index contributed by atoms with van der Waals surface area (Å²) in [6.07, 6.45) is 2.45. The van der Waals surface area contributed by atoms with Crippen LogP contribution in [0.25, 0.3) is 0 Å². The van der Waals surface area contributed by atoms with Crippen molar-refractivity contribution in [3.63, 3.8) is 0 Å². The number of anilines is 1. The Morgan fingerprint density at radius 2 is 2.00 bits per heavy atom. The minimum absolute atomic E-state index is 0.734. The molecule has 0 fully saturated rings. The smallest absolute Gasteiger partial charge is 0.147 e. The van der Waals surface area contributed by atoms with E-state index >= 15 is 0 Å². The van der Waals surface area contributed by atoms with Gasteiger partial charge in [0.05, 0.1) is 0 Å². The molecule has 1 rings (SSSR count). The molecule has 0 aliphatic rings. The third-order valence-electron chi connectivity index (χ3n) is 2.94. The highest BCUT2D eigenvalue weighted by molar-refractivity contribution is 7.99.